The molecular weight excluding hydrogens is 374 g/mol. The molecule has 2 atom stereocenters. The Kier molecular flexibility index (Phi) is 5.45. The Labute approximate surface area is 166 Å². The van der Waals surface area contributed by atoms with Crippen molar-refractivity contribution in [3.05, 3.63) is 70.5 Å². The molecule has 6 nitrogen and oxygen atoms in total. The van der Waals surface area contributed by atoms with Crippen LogP contribution in [0.5, 0.6) is 0 Å². The molecule has 1 aliphatic heterocycles. The summed E-state index contributed by atoms with van der Waals surface area (Å²) in [5.41, 5.74) is 6.95. The van der Waals surface area contributed by atoms with Crippen molar-refractivity contribution in [2.45, 2.75) is 35.9 Å². The van der Waals surface area contributed by atoms with E-state index in [-0.39, 0.29) is 11.7 Å². The molecule has 1 saturated heterocycles. The van der Waals surface area contributed by atoms with E-state index in [1.807, 2.05) is 42.5 Å². The number of hydrogen-bond acceptors (Lipinski definition) is 5. The molecule has 0 unspecified atom stereocenters. The van der Waals surface area contributed by atoms with Gasteiger partial charge >= 0.3 is 0 Å². The molecule has 0 radical (unpaired) electrons. The summed E-state index contributed by atoms with van der Waals surface area (Å²) in [7, 11) is 0. The van der Waals surface area contributed by atoms with Crippen LogP contribution in [0, 0.1) is 0 Å². The van der Waals surface area contributed by atoms with Gasteiger partial charge in [0, 0.05) is 6.61 Å². The summed E-state index contributed by atoms with van der Waals surface area (Å²) >= 11 is 1.21. The normalized spacial score (nSPS) is 17.6. The number of carbonyl (C=O) groups excluding carboxylic acids is 1. The highest BCUT2D eigenvalue weighted by Gasteiger charge is 2.25. The molecule has 0 aliphatic carbocycles. The Morgan fingerprint density at radius 2 is 1.96 bits per heavy atom. The van der Waals surface area contributed by atoms with E-state index < -0.39 is 11.2 Å². The summed E-state index contributed by atoms with van der Waals surface area (Å²) < 4.78 is 7.35. The molecular formula is C21H21N3O3S. The minimum absolute atomic E-state index is 0.0243. The molecule has 0 bridgehead atoms. The lowest BCUT2D eigenvalue weighted by atomic mass is 10.1. The number of aromatic nitrogens is 2. The van der Waals surface area contributed by atoms with Gasteiger partial charge in [-0.15, -0.1) is 0 Å². The Balaban J connectivity index is 1.79. The van der Waals surface area contributed by atoms with Crippen molar-refractivity contribution in [3.8, 4) is 0 Å². The predicted octanol–water partition coefficient (Wildman–Crippen LogP) is 2.89. The summed E-state index contributed by atoms with van der Waals surface area (Å²) in [4.78, 5) is 30.0. The van der Waals surface area contributed by atoms with Gasteiger partial charge in [0.2, 0.25) is 5.91 Å². The van der Waals surface area contributed by atoms with Gasteiger partial charge in [-0.3, -0.25) is 14.2 Å². The maximum absolute atomic E-state index is 13.2. The molecule has 0 spiro atoms. The molecule has 2 aromatic carbocycles. The minimum Gasteiger partial charge on any atom is -0.376 e. The van der Waals surface area contributed by atoms with E-state index in [9.17, 15) is 9.59 Å². The molecule has 0 saturated carbocycles. The van der Waals surface area contributed by atoms with Crippen molar-refractivity contribution < 1.29 is 9.53 Å². The van der Waals surface area contributed by atoms with Crippen LogP contribution >= 0.6 is 11.8 Å². The zero-order chi connectivity index (χ0) is 19.5. The smallest absolute Gasteiger partial charge is 0.262 e. The topological polar surface area (TPSA) is 87.2 Å². The monoisotopic (exact) mass is 395 g/mol. The highest BCUT2D eigenvalue weighted by molar-refractivity contribution is 8.00. The van der Waals surface area contributed by atoms with Gasteiger partial charge in [0.15, 0.2) is 5.16 Å². The summed E-state index contributed by atoms with van der Waals surface area (Å²) in [6, 6.07) is 16.6. The Morgan fingerprint density at radius 1 is 1.21 bits per heavy atom. The molecule has 1 amide bonds. The molecule has 144 valence electrons. The number of hydrogen-bond donors (Lipinski definition) is 1. The number of thioether (sulfide) groups is 1. The van der Waals surface area contributed by atoms with Crippen LogP contribution in [0.1, 0.15) is 23.7 Å². The van der Waals surface area contributed by atoms with Gasteiger partial charge < -0.3 is 10.5 Å². The van der Waals surface area contributed by atoms with Gasteiger partial charge in [-0.2, -0.15) is 0 Å². The van der Waals surface area contributed by atoms with E-state index in [0.29, 0.717) is 29.2 Å². The van der Waals surface area contributed by atoms with Crippen LogP contribution in [0.15, 0.2) is 64.5 Å². The zero-order valence-corrected chi connectivity index (χ0v) is 16.1. The first-order valence-electron chi connectivity index (χ1n) is 9.25. The molecule has 7 heteroatoms. The number of benzene rings is 2. The fourth-order valence-electron chi connectivity index (χ4n) is 3.41. The highest BCUT2D eigenvalue weighted by atomic mass is 32.2. The molecule has 4 rings (SSSR count). The number of ether oxygens (including phenoxy) is 1. The van der Waals surface area contributed by atoms with E-state index in [1.54, 1.807) is 16.7 Å². The van der Waals surface area contributed by atoms with Crippen LogP contribution in [0.3, 0.4) is 0 Å². The third kappa shape index (κ3) is 3.81. The minimum atomic E-state index is -0.634. The summed E-state index contributed by atoms with van der Waals surface area (Å²) in [5.74, 6) is -0.470. The molecule has 28 heavy (non-hydrogen) atoms. The maximum atomic E-state index is 13.2. The van der Waals surface area contributed by atoms with Crippen LogP contribution < -0.4 is 11.3 Å². The van der Waals surface area contributed by atoms with E-state index in [2.05, 4.69) is 4.98 Å². The first-order valence-corrected chi connectivity index (χ1v) is 10.1. The third-order valence-electron chi connectivity index (χ3n) is 4.82. The van der Waals surface area contributed by atoms with Crippen LogP contribution in [-0.2, 0) is 16.1 Å². The molecule has 3 aromatic rings. The first-order chi connectivity index (χ1) is 13.6. The fraction of sp³-hybridized carbons (Fsp3) is 0.286. The average molecular weight is 395 g/mol. The lowest BCUT2D eigenvalue weighted by molar-refractivity contribution is -0.117. The fourth-order valence-corrected chi connectivity index (χ4v) is 4.47. The number of rotatable bonds is 6. The van der Waals surface area contributed by atoms with Gasteiger partial charge in [-0.25, -0.2) is 4.98 Å². The lowest BCUT2D eigenvalue weighted by Gasteiger charge is -2.19. The number of nitrogens with zero attached hydrogens (tertiary/aromatic N) is 2. The lowest BCUT2D eigenvalue weighted by Crippen LogP contribution is -2.29. The van der Waals surface area contributed by atoms with E-state index in [4.69, 9.17) is 10.5 Å². The van der Waals surface area contributed by atoms with Crippen molar-refractivity contribution in [1.82, 2.24) is 9.55 Å². The van der Waals surface area contributed by atoms with E-state index in [0.717, 1.165) is 18.4 Å². The van der Waals surface area contributed by atoms with Crippen molar-refractivity contribution in [2.75, 3.05) is 6.61 Å². The van der Waals surface area contributed by atoms with Crippen LogP contribution in [-0.4, -0.2) is 28.2 Å². The standard InChI is InChI=1S/C21H21N3O3S/c22-19(25)18(14-7-2-1-3-8-14)28-21-23-17-11-5-4-10-16(17)20(26)24(21)13-15-9-6-12-27-15/h1-5,7-8,10-11,15,18H,6,9,12-13H2,(H2,22,25)/t15-,18-/m1/s1. The Hall–Kier alpha value is -2.64. The van der Waals surface area contributed by atoms with Gasteiger partial charge in [0.25, 0.3) is 5.56 Å². The maximum Gasteiger partial charge on any atom is 0.262 e. The Morgan fingerprint density at radius 3 is 2.68 bits per heavy atom. The van der Waals surface area contributed by atoms with Crippen molar-refractivity contribution in [2.24, 2.45) is 5.73 Å². The highest BCUT2D eigenvalue weighted by Crippen LogP contribution is 2.34. The van der Waals surface area contributed by atoms with Gasteiger partial charge in [0.05, 0.1) is 23.6 Å². The summed E-state index contributed by atoms with van der Waals surface area (Å²) in [6.45, 7) is 1.12. The average Bonchev–Trinajstić information content (AvgIpc) is 3.22. The first kappa shape index (κ1) is 18.7. The van der Waals surface area contributed by atoms with Gasteiger partial charge in [0.1, 0.15) is 5.25 Å². The summed E-state index contributed by atoms with van der Waals surface area (Å²) in [5, 5.41) is 0.400. The molecule has 2 heterocycles. The van der Waals surface area contributed by atoms with Crippen molar-refractivity contribution in [3.63, 3.8) is 0 Å². The van der Waals surface area contributed by atoms with Crippen LogP contribution in [0.25, 0.3) is 10.9 Å². The number of fused-ring (bicyclic) bond motifs is 1. The van der Waals surface area contributed by atoms with Crippen LogP contribution in [0.2, 0.25) is 0 Å². The second-order valence-corrected chi connectivity index (χ2v) is 7.85. The number of amides is 1. The SMILES string of the molecule is NC(=O)[C@H](Sc1nc2ccccc2c(=O)n1C[C@H]1CCCO1)c1ccccc1. The third-order valence-corrected chi connectivity index (χ3v) is 6.08. The number of para-hydroxylation sites is 1. The number of primary amides is 1. The number of nitrogens with two attached hydrogens (primary N) is 1. The largest absolute Gasteiger partial charge is 0.376 e. The quantitative estimate of drug-likeness (QED) is 0.512. The predicted molar refractivity (Wildman–Crippen MR) is 109 cm³/mol. The van der Waals surface area contributed by atoms with Crippen LogP contribution in [0.4, 0.5) is 0 Å². The molecule has 1 aliphatic rings. The zero-order valence-electron chi connectivity index (χ0n) is 15.3. The van der Waals surface area contributed by atoms with Gasteiger partial charge in [-0.05, 0) is 30.5 Å². The molecule has 1 fully saturated rings. The molecule has 1 aromatic heterocycles. The summed E-state index contributed by atoms with van der Waals surface area (Å²) in [6.07, 6.45) is 1.86. The second kappa shape index (κ2) is 8.16. The van der Waals surface area contributed by atoms with Crippen molar-refractivity contribution in [1.29, 1.82) is 0 Å². The number of carbonyl (C=O) groups is 1. The van der Waals surface area contributed by atoms with E-state index in [1.165, 1.54) is 11.8 Å². The van der Waals surface area contributed by atoms with Gasteiger partial charge in [-0.1, -0.05) is 54.2 Å². The van der Waals surface area contributed by atoms with Crippen molar-refractivity contribution >= 4 is 28.6 Å². The molecule has 2 N–H and O–H groups in total. The second-order valence-electron chi connectivity index (χ2n) is 6.77. The Bertz CT molecular complexity index is 1050. The van der Waals surface area contributed by atoms with E-state index >= 15 is 0 Å².